The lowest BCUT2D eigenvalue weighted by Gasteiger charge is -2.43. The molecular formula is C9H10ClN5O6S2. The van der Waals surface area contributed by atoms with Crippen molar-refractivity contribution in [3.8, 4) is 0 Å². The first-order chi connectivity index (χ1) is 10.7. The van der Waals surface area contributed by atoms with Crippen molar-refractivity contribution in [1.29, 1.82) is 0 Å². The minimum Gasteiger partial charge on any atom is -0.410 e. The number of carbonyl (C=O) groups excluding carboxylic acids is 2. The second-order valence-corrected chi connectivity index (χ2v) is 6.79. The van der Waals surface area contributed by atoms with E-state index >= 15 is 0 Å². The van der Waals surface area contributed by atoms with Gasteiger partial charge in [0.1, 0.15) is 11.7 Å². The highest BCUT2D eigenvalue weighted by Crippen LogP contribution is 2.24. The van der Waals surface area contributed by atoms with Crippen molar-refractivity contribution in [2.75, 3.05) is 11.6 Å². The number of halogens is 1. The number of anilines is 1. The number of carbonyl (C=O) groups is 2. The first kappa shape index (κ1) is 17.4. The smallest absolute Gasteiger partial charge is 0.362 e. The van der Waals surface area contributed by atoms with Crippen LogP contribution in [0.15, 0.2) is 10.5 Å². The van der Waals surface area contributed by atoms with E-state index in [9.17, 15) is 18.0 Å². The average Bonchev–Trinajstić information content (AvgIpc) is 2.87. The molecule has 5 N–H and O–H groups in total. The molecule has 0 radical (unpaired) electrons. The van der Waals surface area contributed by atoms with Gasteiger partial charge in [0, 0.05) is 11.3 Å². The third kappa shape index (κ3) is 3.21. The first-order valence-corrected chi connectivity index (χ1v) is 8.62. The summed E-state index contributed by atoms with van der Waals surface area (Å²) in [6.45, 7) is 0. The van der Waals surface area contributed by atoms with Crippen LogP contribution in [0, 0.1) is 0 Å². The molecule has 1 aromatic rings. The van der Waals surface area contributed by atoms with Crippen LogP contribution in [0.3, 0.4) is 0 Å². The Bertz CT molecular complexity index is 777. The monoisotopic (exact) mass is 383 g/mol. The number of aromatic nitrogens is 1. The number of alkyl halides is 1. The molecule has 126 valence electrons. The maximum Gasteiger partial charge on any atom is 0.362 e. The largest absolute Gasteiger partial charge is 0.410 e. The van der Waals surface area contributed by atoms with Gasteiger partial charge in [0.15, 0.2) is 10.8 Å². The first-order valence-electron chi connectivity index (χ1n) is 5.81. The van der Waals surface area contributed by atoms with E-state index in [1.807, 2.05) is 0 Å². The predicted octanol–water partition coefficient (Wildman–Crippen LogP) is -1.36. The number of nitrogen functional groups attached to an aromatic ring is 1. The van der Waals surface area contributed by atoms with Crippen molar-refractivity contribution in [1.82, 2.24) is 14.6 Å². The van der Waals surface area contributed by atoms with E-state index in [0.717, 1.165) is 11.3 Å². The fourth-order valence-electron chi connectivity index (χ4n) is 1.93. The van der Waals surface area contributed by atoms with Gasteiger partial charge in [-0.3, -0.25) is 14.1 Å². The van der Waals surface area contributed by atoms with Gasteiger partial charge in [-0.05, 0) is 0 Å². The van der Waals surface area contributed by atoms with Gasteiger partial charge in [-0.25, -0.2) is 9.29 Å². The highest BCUT2D eigenvalue weighted by molar-refractivity contribution is 7.84. The summed E-state index contributed by atoms with van der Waals surface area (Å²) in [6, 6.07) is -2.46. The molecule has 1 aromatic heterocycles. The topological polar surface area (TPSA) is 175 Å². The lowest BCUT2D eigenvalue weighted by Crippen LogP contribution is -2.73. The number of rotatable bonds is 5. The number of thiazole rings is 1. The lowest BCUT2D eigenvalue weighted by atomic mass is 10.0. The number of nitrogens with two attached hydrogens (primary N) is 1. The molecule has 2 atom stereocenters. The molecule has 1 aliphatic rings. The maximum atomic E-state index is 12.0. The van der Waals surface area contributed by atoms with Gasteiger partial charge in [-0.1, -0.05) is 5.16 Å². The zero-order chi connectivity index (χ0) is 17.4. The summed E-state index contributed by atoms with van der Waals surface area (Å²) in [7, 11) is -4.78. The van der Waals surface area contributed by atoms with Crippen LogP contribution in [0.1, 0.15) is 5.69 Å². The van der Waals surface area contributed by atoms with Crippen LogP contribution in [0.4, 0.5) is 5.13 Å². The van der Waals surface area contributed by atoms with E-state index in [0.29, 0.717) is 0 Å². The molecule has 23 heavy (non-hydrogen) atoms. The number of hydrogen-bond acceptors (Lipinski definition) is 9. The predicted molar refractivity (Wildman–Crippen MR) is 79.7 cm³/mol. The molecule has 0 bridgehead atoms. The van der Waals surface area contributed by atoms with Crippen LogP contribution >= 0.6 is 22.9 Å². The molecule has 2 amide bonds. The van der Waals surface area contributed by atoms with E-state index in [1.54, 1.807) is 0 Å². The summed E-state index contributed by atoms with van der Waals surface area (Å²) in [6.07, 6.45) is 0. The van der Waals surface area contributed by atoms with Crippen LogP contribution in [-0.4, -0.2) is 63.0 Å². The van der Waals surface area contributed by atoms with Crippen LogP contribution < -0.4 is 11.1 Å². The molecule has 2 heterocycles. The Balaban J connectivity index is 2.16. The second-order valence-electron chi connectivity index (χ2n) is 4.30. The number of oxime groups is 1. The Labute approximate surface area is 138 Å². The van der Waals surface area contributed by atoms with Gasteiger partial charge in [-0.15, -0.1) is 22.9 Å². The standard InChI is InChI=1S/C9H10ClN5O6S2/c10-1-4-6(8(17)15(4)23(19,20)21)13-7(16)5(14-18)3-2-22-9(11)12-3/h2,4,6,18H,1H2,(H2,11,12)(H,13,16)(H,19,20,21). The molecule has 2 unspecified atom stereocenters. The Morgan fingerprint density at radius 3 is 2.70 bits per heavy atom. The molecule has 0 aliphatic carbocycles. The summed E-state index contributed by atoms with van der Waals surface area (Å²) < 4.78 is 31.2. The van der Waals surface area contributed by atoms with Gasteiger partial charge < -0.3 is 16.3 Å². The second kappa shape index (κ2) is 6.27. The van der Waals surface area contributed by atoms with Gasteiger partial charge in [0.25, 0.3) is 11.8 Å². The quantitative estimate of drug-likeness (QED) is 0.120. The van der Waals surface area contributed by atoms with Crippen LogP contribution in [0.25, 0.3) is 0 Å². The minimum absolute atomic E-state index is 0.0201. The number of nitrogens with one attached hydrogen (secondary N) is 1. The van der Waals surface area contributed by atoms with E-state index in [4.69, 9.17) is 27.1 Å². The van der Waals surface area contributed by atoms with E-state index in [2.05, 4.69) is 15.5 Å². The van der Waals surface area contributed by atoms with Crippen LogP contribution in [0.2, 0.25) is 0 Å². The van der Waals surface area contributed by atoms with Crippen molar-refractivity contribution in [3.63, 3.8) is 0 Å². The summed E-state index contributed by atoms with van der Waals surface area (Å²) >= 11 is 6.55. The molecule has 1 fully saturated rings. The summed E-state index contributed by atoms with van der Waals surface area (Å²) in [5.74, 6) is -2.41. The van der Waals surface area contributed by atoms with Crippen LogP contribution in [0.5, 0.6) is 0 Å². The highest BCUT2D eigenvalue weighted by atomic mass is 35.5. The minimum atomic E-state index is -4.78. The Morgan fingerprint density at radius 1 is 1.61 bits per heavy atom. The molecule has 0 spiro atoms. The van der Waals surface area contributed by atoms with Gasteiger partial charge in [0.2, 0.25) is 0 Å². The molecule has 2 rings (SSSR count). The van der Waals surface area contributed by atoms with Gasteiger partial charge in [-0.2, -0.15) is 8.42 Å². The molecule has 11 nitrogen and oxygen atoms in total. The average molecular weight is 384 g/mol. The number of hydrogen-bond donors (Lipinski definition) is 4. The highest BCUT2D eigenvalue weighted by Gasteiger charge is 2.53. The summed E-state index contributed by atoms with van der Waals surface area (Å²) in [5.41, 5.74) is 4.88. The number of amides is 2. The lowest BCUT2D eigenvalue weighted by molar-refractivity contribution is -0.143. The van der Waals surface area contributed by atoms with E-state index in [1.165, 1.54) is 5.38 Å². The van der Waals surface area contributed by atoms with E-state index < -0.39 is 39.9 Å². The Kier molecular flexibility index (Phi) is 4.74. The Morgan fingerprint density at radius 2 is 2.26 bits per heavy atom. The maximum absolute atomic E-state index is 12.0. The molecular weight excluding hydrogens is 374 g/mol. The van der Waals surface area contributed by atoms with Crippen molar-refractivity contribution in [2.45, 2.75) is 12.1 Å². The third-order valence-corrected chi connectivity index (χ3v) is 4.88. The van der Waals surface area contributed by atoms with Crippen molar-refractivity contribution >= 4 is 55.9 Å². The summed E-state index contributed by atoms with van der Waals surface area (Å²) in [5, 5.41) is 15.4. The molecule has 1 saturated heterocycles. The van der Waals surface area contributed by atoms with E-state index in [-0.39, 0.29) is 21.0 Å². The van der Waals surface area contributed by atoms with Gasteiger partial charge >= 0.3 is 10.3 Å². The summed E-state index contributed by atoms with van der Waals surface area (Å²) in [4.78, 5) is 27.5. The van der Waals surface area contributed by atoms with Gasteiger partial charge in [0.05, 0.1) is 6.04 Å². The zero-order valence-electron chi connectivity index (χ0n) is 11.1. The molecule has 14 heteroatoms. The fourth-order valence-corrected chi connectivity index (χ4v) is 3.76. The van der Waals surface area contributed by atoms with Crippen molar-refractivity contribution in [3.05, 3.63) is 11.1 Å². The molecule has 1 aliphatic heterocycles. The van der Waals surface area contributed by atoms with Crippen LogP contribution in [-0.2, 0) is 19.9 Å². The molecule has 0 aromatic carbocycles. The number of β-lactam (4-membered cyclic amide) rings is 1. The number of nitrogens with zero attached hydrogens (tertiary/aromatic N) is 3. The zero-order valence-corrected chi connectivity index (χ0v) is 13.5. The third-order valence-electron chi connectivity index (χ3n) is 2.94. The van der Waals surface area contributed by atoms with Crippen molar-refractivity contribution < 1.29 is 27.8 Å². The molecule has 0 saturated carbocycles. The fraction of sp³-hybridized carbons (Fsp3) is 0.333. The Hall–Kier alpha value is -1.96. The normalized spacial score (nSPS) is 21.9. The van der Waals surface area contributed by atoms with Crippen molar-refractivity contribution in [2.24, 2.45) is 5.16 Å². The SMILES string of the molecule is Nc1nc(C(=NO)C(=O)NC2C(=O)N(S(=O)(=O)O)C2CCl)cs1.